The first-order valence-corrected chi connectivity index (χ1v) is 5.58. The third-order valence-corrected chi connectivity index (χ3v) is 2.00. The van der Waals surface area contributed by atoms with Gasteiger partial charge in [0.05, 0.1) is 12.8 Å². The van der Waals surface area contributed by atoms with Gasteiger partial charge in [0.2, 0.25) is 0 Å². The molecule has 0 saturated heterocycles. The molecule has 0 N–H and O–H groups in total. The molecule has 0 atom stereocenters. The Hall–Kier alpha value is -1.36. The number of carbonyl (C=O) groups excluding carboxylic acids is 1. The van der Waals surface area contributed by atoms with Crippen LogP contribution in [0.5, 0.6) is 5.75 Å². The molecule has 0 aromatic carbocycles. The average molecular weight is 286 g/mol. The fraction of sp³-hybridized carbons (Fsp3) is 0.273. The topological polar surface area (TPSA) is 48.4 Å². The number of halogens is 1. The Kier molecular flexibility index (Phi) is 5.56. The minimum atomic E-state index is -0.363. The number of nitrogens with zero attached hydrogens (tertiary/aromatic N) is 1. The van der Waals surface area contributed by atoms with Crippen molar-refractivity contribution in [2.45, 2.75) is 6.92 Å². The zero-order valence-electron chi connectivity index (χ0n) is 8.85. The summed E-state index contributed by atoms with van der Waals surface area (Å²) in [7, 11) is 0. The predicted molar refractivity (Wildman–Crippen MR) is 63.2 cm³/mol. The maximum Gasteiger partial charge on any atom is 0.330 e. The summed E-state index contributed by atoms with van der Waals surface area (Å²) in [6, 6.07) is 1.80. The maximum absolute atomic E-state index is 10.9. The fourth-order valence-electron chi connectivity index (χ4n) is 0.950. The number of hydrogen-bond acceptors (Lipinski definition) is 4. The summed E-state index contributed by atoms with van der Waals surface area (Å²) in [5.74, 6) is 0.279. The van der Waals surface area contributed by atoms with Gasteiger partial charge in [0.1, 0.15) is 12.4 Å². The minimum absolute atomic E-state index is 0.303. The fourth-order valence-corrected chi connectivity index (χ4v) is 1.29. The standard InChI is InChI=1S/C11H12BrNO3/c1-2-15-11(14)4-3-5-16-10-6-9(12)7-13-8-10/h3-4,6-8H,2,5H2,1H3/b4-3+. The van der Waals surface area contributed by atoms with E-state index in [0.29, 0.717) is 19.0 Å². The summed E-state index contributed by atoms with van der Waals surface area (Å²) in [6.07, 6.45) is 6.21. The third kappa shape index (κ3) is 4.93. The van der Waals surface area contributed by atoms with Gasteiger partial charge in [-0.3, -0.25) is 4.98 Å². The normalized spacial score (nSPS) is 10.4. The number of esters is 1. The molecular formula is C11H12BrNO3. The molecule has 0 unspecified atom stereocenters. The molecule has 0 saturated carbocycles. The van der Waals surface area contributed by atoms with E-state index < -0.39 is 0 Å². The Morgan fingerprint density at radius 2 is 2.38 bits per heavy atom. The molecule has 1 aromatic rings. The first-order chi connectivity index (χ1) is 7.72. The molecule has 86 valence electrons. The van der Waals surface area contributed by atoms with Crippen molar-refractivity contribution in [1.29, 1.82) is 0 Å². The van der Waals surface area contributed by atoms with Gasteiger partial charge in [-0.15, -0.1) is 0 Å². The Labute approximate surface area is 102 Å². The van der Waals surface area contributed by atoms with Gasteiger partial charge in [0.15, 0.2) is 0 Å². The first-order valence-electron chi connectivity index (χ1n) is 4.79. The number of carbonyl (C=O) groups is 1. The SMILES string of the molecule is CCOC(=O)/C=C/COc1cncc(Br)c1. The van der Waals surface area contributed by atoms with E-state index in [1.54, 1.807) is 31.5 Å². The molecule has 4 nitrogen and oxygen atoms in total. The minimum Gasteiger partial charge on any atom is -0.488 e. The molecule has 0 amide bonds. The number of hydrogen-bond donors (Lipinski definition) is 0. The second-order valence-corrected chi connectivity index (χ2v) is 3.72. The molecular weight excluding hydrogens is 274 g/mol. The zero-order valence-corrected chi connectivity index (χ0v) is 10.4. The van der Waals surface area contributed by atoms with Crippen LogP contribution in [0, 0.1) is 0 Å². The van der Waals surface area contributed by atoms with Crippen LogP contribution in [0.1, 0.15) is 6.92 Å². The molecule has 16 heavy (non-hydrogen) atoms. The van der Waals surface area contributed by atoms with E-state index >= 15 is 0 Å². The van der Waals surface area contributed by atoms with Crippen LogP contribution in [-0.4, -0.2) is 24.2 Å². The van der Waals surface area contributed by atoms with Crippen molar-refractivity contribution in [3.8, 4) is 5.75 Å². The number of ether oxygens (including phenoxy) is 2. The predicted octanol–water partition coefficient (Wildman–Crippen LogP) is 2.34. The second-order valence-electron chi connectivity index (χ2n) is 2.80. The zero-order chi connectivity index (χ0) is 11.8. The van der Waals surface area contributed by atoms with Gasteiger partial charge >= 0.3 is 5.97 Å². The summed E-state index contributed by atoms with van der Waals surface area (Å²) < 4.78 is 10.9. The van der Waals surface area contributed by atoms with Crippen molar-refractivity contribution in [2.24, 2.45) is 0 Å². The van der Waals surface area contributed by atoms with E-state index in [1.165, 1.54) is 6.08 Å². The van der Waals surface area contributed by atoms with Crippen molar-refractivity contribution in [3.05, 3.63) is 35.1 Å². The van der Waals surface area contributed by atoms with Gasteiger partial charge in [-0.25, -0.2) is 4.79 Å². The van der Waals surface area contributed by atoms with Crippen LogP contribution < -0.4 is 4.74 Å². The monoisotopic (exact) mass is 285 g/mol. The van der Waals surface area contributed by atoms with Gasteiger partial charge in [0.25, 0.3) is 0 Å². The van der Waals surface area contributed by atoms with Crippen molar-refractivity contribution < 1.29 is 14.3 Å². The van der Waals surface area contributed by atoms with Crippen LogP contribution >= 0.6 is 15.9 Å². The van der Waals surface area contributed by atoms with Crippen LogP contribution in [-0.2, 0) is 9.53 Å². The summed E-state index contributed by atoms with van der Waals surface area (Å²) in [5, 5.41) is 0. The Morgan fingerprint density at radius 1 is 1.56 bits per heavy atom. The summed E-state index contributed by atoms with van der Waals surface area (Å²) in [4.78, 5) is 14.9. The van der Waals surface area contributed by atoms with Crippen molar-refractivity contribution >= 4 is 21.9 Å². The molecule has 0 bridgehead atoms. The molecule has 0 aliphatic rings. The molecule has 0 aliphatic heterocycles. The van der Waals surface area contributed by atoms with E-state index in [-0.39, 0.29) is 5.97 Å². The van der Waals surface area contributed by atoms with E-state index in [4.69, 9.17) is 9.47 Å². The molecule has 0 aliphatic carbocycles. The van der Waals surface area contributed by atoms with Gasteiger partial charge in [-0.2, -0.15) is 0 Å². The Balaban J connectivity index is 2.33. The lowest BCUT2D eigenvalue weighted by atomic mass is 10.4. The summed E-state index contributed by atoms with van der Waals surface area (Å²) in [5.41, 5.74) is 0. The van der Waals surface area contributed by atoms with Crippen LogP contribution in [0.2, 0.25) is 0 Å². The van der Waals surface area contributed by atoms with Gasteiger partial charge in [0, 0.05) is 16.7 Å². The first kappa shape index (κ1) is 12.7. The van der Waals surface area contributed by atoms with E-state index in [1.807, 2.05) is 0 Å². The molecule has 0 radical (unpaired) electrons. The molecule has 0 fully saturated rings. The molecule has 1 rings (SSSR count). The average Bonchev–Trinajstić information content (AvgIpc) is 2.25. The van der Waals surface area contributed by atoms with Crippen LogP contribution in [0.15, 0.2) is 35.1 Å². The largest absolute Gasteiger partial charge is 0.488 e. The van der Waals surface area contributed by atoms with Gasteiger partial charge < -0.3 is 9.47 Å². The van der Waals surface area contributed by atoms with Crippen LogP contribution in [0.3, 0.4) is 0 Å². The van der Waals surface area contributed by atoms with E-state index in [2.05, 4.69) is 20.9 Å². The van der Waals surface area contributed by atoms with Crippen molar-refractivity contribution in [1.82, 2.24) is 4.98 Å². The smallest absolute Gasteiger partial charge is 0.330 e. The highest BCUT2D eigenvalue weighted by Crippen LogP contribution is 2.15. The van der Waals surface area contributed by atoms with E-state index in [0.717, 1.165) is 4.47 Å². The van der Waals surface area contributed by atoms with E-state index in [9.17, 15) is 4.79 Å². The molecule has 5 heteroatoms. The Bertz CT molecular complexity index is 379. The second kappa shape index (κ2) is 7.00. The molecule has 1 heterocycles. The maximum atomic E-state index is 10.9. The summed E-state index contributed by atoms with van der Waals surface area (Å²) in [6.45, 7) is 2.44. The highest BCUT2D eigenvalue weighted by atomic mass is 79.9. The summed E-state index contributed by atoms with van der Waals surface area (Å²) >= 11 is 3.28. The Morgan fingerprint density at radius 3 is 3.06 bits per heavy atom. The highest BCUT2D eigenvalue weighted by molar-refractivity contribution is 9.10. The molecule has 1 aromatic heterocycles. The number of pyridine rings is 1. The van der Waals surface area contributed by atoms with Crippen LogP contribution in [0.4, 0.5) is 0 Å². The lowest BCUT2D eigenvalue weighted by molar-refractivity contribution is -0.137. The third-order valence-electron chi connectivity index (χ3n) is 1.57. The van der Waals surface area contributed by atoms with Crippen LogP contribution in [0.25, 0.3) is 0 Å². The number of rotatable bonds is 5. The highest BCUT2D eigenvalue weighted by Gasteiger charge is 1.95. The lowest BCUT2D eigenvalue weighted by Crippen LogP contribution is -2.01. The van der Waals surface area contributed by atoms with Crippen molar-refractivity contribution in [2.75, 3.05) is 13.2 Å². The number of aromatic nitrogens is 1. The van der Waals surface area contributed by atoms with Crippen molar-refractivity contribution in [3.63, 3.8) is 0 Å². The lowest BCUT2D eigenvalue weighted by Gasteiger charge is -2.02. The molecule has 0 spiro atoms. The quantitative estimate of drug-likeness (QED) is 0.615. The van der Waals surface area contributed by atoms with Gasteiger partial charge in [-0.1, -0.05) is 0 Å². The van der Waals surface area contributed by atoms with Gasteiger partial charge in [-0.05, 0) is 35.0 Å².